The molecule has 3 aromatic rings. The van der Waals surface area contributed by atoms with Gasteiger partial charge < -0.3 is 10.2 Å². The lowest BCUT2D eigenvalue weighted by Gasteiger charge is -2.29. The molecule has 3 heterocycles. The van der Waals surface area contributed by atoms with Gasteiger partial charge in [0.05, 0.1) is 5.75 Å². The molecule has 1 aliphatic rings. The molecular formula is C20H23N5OS2. The van der Waals surface area contributed by atoms with Gasteiger partial charge in [-0.2, -0.15) is 4.98 Å². The zero-order valence-electron chi connectivity index (χ0n) is 15.8. The number of piperidine rings is 1. The number of rotatable bonds is 6. The Kier molecular flexibility index (Phi) is 6.07. The highest BCUT2D eigenvalue weighted by atomic mass is 32.2. The van der Waals surface area contributed by atoms with E-state index in [2.05, 4.69) is 27.1 Å². The summed E-state index contributed by atoms with van der Waals surface area (Å²) < 4.78 is 0.969. The summed E-state index contributed by atoms with van der Waals surface area (Å²) in [6.45, 7) is 4.92. The van der Waals surface area contributed by atoms with Gasteiger partial charge in [-0.25, -0.2) is 9.97 Å². The maximum Gasteiger partial charge on any atom is 0.230 e. The number of thioether (sulfide) groups is 1. The summed E-state index contributed by atoms with van der Waals surface area (Å²) in [5.41, 5.74) is 1.81. The van der Waals surface area contributed by atoms with Crippen molar-refractivity contribution in [3.8, 4) is 0 Å². The van der Waals surface area contributed by atoms with Crippen molar-refractivity contribution in [2.45, 2.75) is 31.3 Å². The summed E-state index contributed by atoms with van der Waals surface area (Å²) in [6.07, 6.45) is 3.93. The molecule has 28 heavy (non-hydrogen) atoms. The van der Waals surface area contributed by atoms with Crippen LogP contribution in [0.2, 0.25) is 0 Å². The molecule has 0 saturated carbocycles. The quantitative estimate of drug-likeness (QED) is 0.490. The number of aromatic nitrogens is 3. The van der Waals surface area contributed by atoms with Crippen LogP contribution in [0.4, 0.5) is 5.13 Å². The number of thiazole rings is 1. The number of fused-ring (bicyclic) bond motifs is 1. The van der Waals surface area contributed by atoms with Crippen molar-refractivity contribution in [1.29, 1.82) is 0 Å². The van der Waals surface area contributed by atoms with E-state index in [0.29, 0.717) is 12.3 Å². The van der Waals surface area contributed by atoms with Gasteiger partial charge in [0.25, 0.3) is 0 Å². The van der Waals surface area contributed by atoms with Crippen molar-refractivity contribution in [2.75, 3.05) is 23.7 Å². The van der Waals surface area contributed by atoms with Crippen molar-refractivity contribution in [3.63, 3.8) is 0 Å². The molecule has 1 N–H and O–H groups in total. The highest BCUT2D eigenvalue weighted by Crippen LogP contribution is 2.35. The Morgan fingerprint density at radius 3 is 2.82 bits per heavy atom. The minimum atomic E-state index is -0.00428. The summed E-state index contributed by atoms with van der Waals surface area (Å²) in [5, 5.41) is 4.79. The number of hydrogen-bond donors (Lipinski definition) is 1. The second kappa shape index (κ2) is 8.87. The molecule has 1 aromatic carbocycles. The van der Waals surface area contributed by atoms with E-state index in [0.717, 1.165) is 45.1 Å². The predicted octanol–water partition coefficient (Wildman–Crippen LogP) is 3.73. The lowest BCUT2D eigenvalue weighted by molar-refractivity contribution is -0.118. The smallest absolute Gasteiger partial charge is 0.230 e. The molecule has 0 aliphatic carbocycles. The van der Waals surface area contributed by atoms with Gasteiger partial charge in [0.1, 0.15) is 16.1 Å². The predicted molar refractivity (Wildman–Crippen MR) is 115 cm³/mol. The Balaban J connectivity index is 1.39. The number of benzene rings is 1. The number of carbonyl (C=O) groups excluding carboxylic acids is 1. The molecule has 1 amide bonds. The Bertz CT molecular complexity index is 938. The lowest BCUT2D eigenvalue weighted by Crippen LogP contribution is -2.32. The summed E-state index contributed by atoms with van der Waals surface area (Å²) in [5.74, 6) is 1.11. The van der Waals surface area contributed by atoms with Crippen LogP contribution in [0.25, 0.3) is 10.3 Å². The molecule has 0 bridgehead atoms. The number of carbonyl (C=O) groups is 1. The molecule has 2 aromatic heterocycles. The maximum absolute atomic E-state index is 12.2. The second-order valence-corrected chi connectivity index (χ2v) is 8.99. The zero-order valence-corrected chi connectivity index (χ0v) is 17.4. The van der Waals surface area contributed by atoms with Crippen LogP contribution in [0.15, 0.2) is 41.7 Å². The van der Waals surface area contributed by atoms with Crippen LogP contribution in [0.3, 0.4) is 0 Å². The Hall–Kier alpha value is -2.19. The van der Waals surface area contributed by atoms with Crippen LogP contribution in [0.5, 0.6) is 0 Å². The molecule has 146 valence electrons. The van der Waals surface area contributed by atoms with Crippen LogP contribution >= 0.6 is 23.1 Å². The number of amides is 1. The van der Waals surface area contributed by atoms with Gasteiger partial charge in [-0.3, -0.25) is 4.79 Å². The fraction of sp³-hybridized carbons (Fsp3) is 0.400. The van der Waals surface area contributed by atoms with Gasteiger partial charge in [-0.15, -0.1) is 0 Å². The Morgan fingerprint density at radius 1 is 1.25 bits per heavy atom. The summed E-state index contributed by atoms with van der Waals surface area (Å²) in [4.78, 5) is 28.0. The number of nitrogens with zero attached hydrogens (tertiary/aromatic N) is 4. The molecule has 1 aliphatic heterocycles. The first kappa shape index (κ1) is 19.1. The van der Waals surface area contributed by atoms with Crippen LogP contribution in [0, 0.1) is 5.92 Å². The summed E-state index contributed by atoms with van der Waals surface area (Å²) in [6, 6.07) is 9.91. The number of anilines is 1. The van der Waals surface area contributed by atoms with Gasteiger partial charge in [0.15, 0.2) is 10.8 Å². The van der Waals surface area contributed by atoms with Crippen LogP contribution < -0.4 is 10.2 Å². The molecule has 8 heteroatoms. The van der Waals surface area contributed by atoms with E-state index in [1.54, 1.807) is 11.3 Å². The molecule has 0 unspecified atom stereocenters. The molecule has 6 nitrogen and oxygen atoms in total. The highest BCUT2D eigenvalue weighted by molar-refractivity contribution is 8.00. The van der Waals surface area contributed by atoms with Crippen molar-refractivity contribution in [1.82, 2.24) is 20.3 Å². The summed E-state index contributed by atoms with van der Waals surface area (Å²) in [7, 11) is 0. The average Bonchev–Trinajstić information content (AvgIpc) is 3.17. The number of hydrogen-bond acceptors (Lipinski definition) is 7. The monoisotopic (exact) mass is 413 g/mol. The van der Waals surface area contributed by atoms with Crippen LogP contribution in [0.1, 0.15) is 25.3 Å². The van der Waals surface area contributed by atoms with Gasteiger partial charge in [-0.05, 0) is 24.3 Å². The highest BCUT2D eigenvalue weighted by Gasteiger charge is 2.20. The zero-order chi connectivity index (χ0) is 19.3. The first-order valence-corrected chi connectivity index (χ1v) is 11.3. The Morgan fingerprint density at radius 2 is 2.04 bits per heavy atom. The minimum absolute atomic E-state index is 0.00428. The lowest BCUT2D eigenvalue weighted by atomic mass is 10.00. The van der Waals surface area contributed by atoms with E-state index < -0.39 is 0 Å². The van der Waals surface area contributed by atoms with Gasteiger partial charge in [-0.1, -0.05) is 60.4 Å². The van der Waals surface area contributed by atoms with E-state index in [-0.39, 0.29) is 5.91 Å². The van der Waals surface area contributed by atoms with Gasteiger partial charge in [0, 0.05) is 19.6 Å². The molecule has 1 fully saturated rings. The largest absolute Gasteiger partial charge is 0.351 e. The Labute approximate surface area is 172 Å². The van der Waals surface area contributed by atoms with Crippen molar-refractivity contribution in [2.24, 2.45) is 5.92 Å². The number of nitrogens with one attached hydrogen (secondary N) is 1. The molecular weight excluding hydrogens is 390 g/mol. The fourth-order valence-electron chi connectivity index (χ4n) is 3.14. The van der Waals surface area contributed by atoms with Crippen LogP contribution in [-0.4, -0.2) is 39.7 Å². The second-order valence-electron chi connectivity index (χ2n) is 7.05. The third-order valence-corrected chi connectivity index (χ3v) is 7.10. The first-order valence-electron chi connectivity index (χ1n) is 9.49. The molecule has 0 atom stereocenters. The van der Waals surface area contributed by atoms with E-state index in [9.17, 15) is 4.79 Å². The van der Waals surface area contributed by atoms with E-state index in [1.807, 2.05) is 30.3 Å². The topological polar surface area (TPSA) is 71.0 Å². The summed E-state index contributed by atoms with van der Waals surface area (Å²) >= 11 is 3.07. The van der Waals surface area contributed by atoms with Crippen molar-refractivity contribution < 1.29 is 4.79 Å². The third-order valence-electron chi connectivity index (χ3n) is 4.87. The SMILES string of the molecule is CC1CCN(c2nc3ncnc(SCC(=O)NCc4ccccc4)c3s2)CC1. The van der Waals surface area contributed by atoms with Gasteiger partial charge >= 0.3 is 0 Å². The minimum Gasteiger partial charge on any atom is -0.351 e. The van der Waals surface area contributed by atoms with E-state index in [4.69, 9.17) is 4.98 Å². The standard InChI is InChI=1S/C20H23N5OS2/c1-14-7-9-25(10-8-14)20-24-18-17(28-20)19(23-13-22-18)27-12-16(26)21-11-15-5-3-2-4-6-15/h2-6,13-14H,7-12H2,1H3,(H,21,26). The third kappa shape index (κ3) is 4.62. The first-order chi connectivity index (χ1) is 13.7. The van der Waals surface area contributed by atoms with Crippen molar-refractivity contribution >= 4 is 44.5 Å². The maximum atomic E-state index is 12.2. The van der Waals surface area contributed by atoms with Gasteiger partial charge in [0.2, 0.25) is 5.91 Å². The molecule has 0 radical (unpaired) electrons. The molecule has 0 spiro atoms. The van der Waals surface area contributed by atoms with Crippen molar-refractivity contribution in [3.05, 3.63) is 42.2 Å². The van der Waals surface area contributed by atoms with E-state index >= 15 is 0 Å². The van der Waals surface area contributed by atoms with Crippen LogP contribution in [-0.2, 0) is 11.3 Å². The van der Waals surface area contributed by atoms with E-state index in [1.165, 1.54) is 30.9 Å². The molecule has 1 saturated heterocycles. The normalized spacial score (nSPS) is 15.1. The molecule has 4 rings (SSSR count). The fourth-order valence-corrected chi connectivity index (χ4v) is 5.11. The average molecular weight is 414 g/mol.